The molecule has 4 heterocycles. The zero-order valence-electron chi connectivity index (χ0n) is 19.3. The Bertz CT molecular complexity index is 1260. The first-order valence-electron chi connectivity index (χ1n) is 11.5. The maximum atomic E-state index is 12.6. The van der Waals surface area contributed by atoms with Crippen LogP contribution >= 0.6 is 0 Å². The molecule has 34 heavy (non-hydrogen) atoms. The van der Waals surface area contributed by atoms with Crippen molar-refractivity contribution in [3.8, 4) is 11.3 Å². The third-order valence-corrected chi connectivity index (χ3v) is 6.50. The van der Waals surface area contributed by atoms with Gasteiger partial charge in [-0.3, -0.25) is 14.6 Å². The summed E-state index contributed by atoms with van der Waals surface area (Å²) in [4.78, 5) is 35.2. The molecule has 1 radical (unpaired) electrons. The summed E-state index contributed by atoms with van der Waals surface area (Å²) < 4.78 is 0. The number of amides is 2. The minimum Gasteiger partial charge on any atom is -0.343 e. The van der Waals surface area contributed by atoms with Crippen LogP contribution < -0.4 is 10.6 Å². The van der Waals surface area contributed by atoms with Crippen molar-refractivity contribution >= 4 is 29.4 Å². The van der Waals surface area contributed by atoms with E-state index in [2.05, 4.69) is 27.8 Å². The van der Waals surface area contributed by atoms with Crippen molar-refractivity contribution in [3.05, 3.63) is 77.2 Å². The van der Waals surface area contributed by atoms with Crippen LogP contribution in [-0.4, -0.2) is 39.8 Å². The fourth-order valence-electron chi connectivity index (χ4n) is 4.53. The molecule has 2 aliphatic rings. The number of hydrogen-bond donors (Lipinski definition) is 1. The van der Waals surface area contributed by atoms with Gasteiger partial charge in [0.05, 0.1) is 11.3 Å². The molecule has 171 valence electrons. The molecule has 1 saturated heterocycles. The van der Waals surface area contributed by atoms with Gasteiger partial charge in [-0.05, 0) is 73.2 Å². The zero-order valence-corrected chi connectivity index (χ0v) is 19.3. The molecule has 3 aromatic rings. The third kappa shape index (κ3) is 4.41. The minimum absolute atomic E-state index is 0.147. The highest BCUT2D eigenvalue weighted by atomic mass is 16.2. The topological polar surface area (TPSA) is 89.3 Å². The Labute approximate surface area is 198 Å². The van der Waals surface area contributed by atoms with Crippen molar-refractivity contribution in [2.75, 3.05) is 18.4 Å². The number of hydrogen-bond acceptors (Lipinski definition) is 5. The van der Waals surface area contributed by atoms with E-state index in [-0.39, 0.29) is 11.8 Å². The van der Waals surface area contributed by atoms with E-state index in [0.29, 0.717) is 17.3 Å². The highest BCUT2D eigenvalue weighted by molar-refractivity contribution is 6.05. The number of carbonyl (C=O) groups excluding carboxylic acids is 2. The van der Waals surface area contributed by atoms with E-state index in [1.807, 2.05) is 48.2 Å². The van der Waals surface area contributed by atoms with Gasteiger partial charge in [0.1, 0.15) is 5.82 Å². The lowest BCUT2D eigenvalue weighted by molar-refractivity contribution is -0.129. The van der Waals surface area contributed by atoms with Gasteiger partial charge in [-0.25, -0.2) is 10.3 Å². The summed E-state index contributed by atoms with van der Waals surface area (Å²) in [6, 6.07) is 14.1. The van der Waals surface area contributed by atoms with Gasteiger partial charge in [-0.2, -0.15) is 0 Å². The second-order valence-electron chi connectivity index (χ2n) is 8.79. The number of fused-ring (bicyclic) bond motifs is 1. The van der Waals surface area contributed by atoms with E-state index in [1.54, 1.807) is 13.1 Å². The minimum atomic E-state index is -0.310. The molecule has 7 heteroatoms. The van der Waals surface area contributed by atoms with Gasteiger partial charge in [0.15, 0.2) is 0 Å². The van der Waals surface area contributed by atoms with Crippen LogP contribution in [0.25, 0.3) is 17.3 Å². The number of benzene rings is 1. The molecule has 2 aliphatic heterocycles. The molecule has 7 nitrogen and oxygen atoms in total. The van der Waals surface area contributed by atoms with Gasteiger partial charge >= 0.3 is 0 Å². The second-order valence-corrected chi connectivity index (χ2v) is 8.79. The van der Waals surface area contributed by atoms with Crippen LogP contribution in [0.2, 0.25) is 0 Å². The van der Waals surface area contributed by atoms with Crippen molar-refractivity contribution in [3.63, 3.8) is 0 Å². The van der Waals surface area contributed by atoms with E-state index in [0.717, 1.165) is 54.1 Å². The summed E-state index contributed by atoms with van der Waals surface area (Å²) in [5, 5.41) is 7.28. The number of aryl methyl sites for hydroxylation is 1. The standard InChI is InChI=1S/C27H26N5O2/c1-17-3-4-22(16-29-17)24-15-21-9-12-28-27(34)25(21)26(31-24)30-23-7-5-19(6-8-23)20-10-13-32(14-11-20)18(2)33/h3-9,12,15-16,20H,10-11,13-14H2,1-2H3,(H,30,31). The molecule has 0 saturated carbocycles. The fraction of sp³-hybridized carbons (Fsp3) is 0.259. The fourth-order valence-corrected chi connectivity index (χ4v) is 4.53. The first-order chi connectivity index (χ1) is 16.5. The Morgan fingerprint density at radius 1 is 1.09 bits per heavy atom. The monoisotopic (exact) mass is 452 g/mol. The summed E-state index contributed by atoms with van der Waals surface area (Å²) in [6.45, 7) is 5.17. The Balaban J connectivity index is 1.41. The molecular formula is C27H26N5O2. The van der Waals surface area contributed by atoms with Crippen molar-refractivity contribution in [1.82, 2.24) is 20.2 Å². The Morgan fingerprint density at radius 3 is 2.53 bits per heavy atom. The van der Waals surface area contributed by atoms with E-state index in [9.17, 15) is 9.59 Å². The molecule has 2 amide bonds. The summed E-state index contributed by atoms with van der Waals surface area (Å²) in [5.41, 5.74) is 5.90. The van der Waals surface area contributed by atoms with Crippen LogP contribution in [0.3, 0.4) is 0 Å². The molecule has 1 aromatic carbocycles. The lowest BCUT2D eigenvalue weighted by atomic mass is 9.89. The van der Waals surface area contributed by atoms with Gasteiger partial charge in [-0.1, -0.05) is 12.1 Å². The molecule has 2 aromatic heterocycles. The van der Waals surface area contributed by atoms with Crippen LogP contribution in [0, 0.1) is 6.92 Å². The number of carbonyl (C=O) groups is 2. The maximum Gasteiger partial charge on any atom is 0.281 e. The first-order valence-corrected chi connectivity index (χ1v) is 11.5. The normalized spacial score (nSPS) is 15.6. The Kier molecular flexibility index (Phi) is 5.84. The third-order valence-electron chi connectivity index (χ3n) is 6.50. The number of rotatable bonds is 4. The smallest absolute Gasteiger partial charge is 0.281 e. The molecule has 0 bridgehead atoms. The largest absolute Gasteiger partial charge is 0.343 e. The van der Waals surface area contributed by atoms with E-state index < -0.39 is 0 Å². The van der Waals surface area contributed by atoms with Crippen LogP contribution in [0.15, 0.2) is 54.9 Å². The van der Waals surface area contributed by atoms with Gasteiger partial charge in [-0.15, -0.1) is 0 Å². The van der Waals surface area contributed by atoms with E-state index in [1.165, 1.54) is 11.8 Å². The predicted octanol–water partition coefficient (Wildman–Crippen LogP) is 4.65. The second kappa shape index (κ2) is 9.09. The van der Waals surface area contributed by atoms with Gasteiger partial charge in [0, 0.05) is 49.4 Å². The van der Waals surface area contributed by atoms with Gasteiger partial charge in [0.2, 0.25) is 5.91 Å². The number of aromatic nitrogens is 2. The first kappa shape index (κ1) is 21.8. The number of likely N-dealkylation sites (tertiary alicyclic amines) is 1. The van der Waals surface area contributed by atoms with Crippen LogP contribution in [0.1, 0.15) is 52.9 Å². The van der Waals surface area contributed by atoms with Gasteiger partial charge < -0.3 is 10.2 Å². The molecule has 1 fully saturated rings. The zero-order chi connectivity index (χ0) is 23.7. The lowest BCUT2D eigenvalue weighted by Crippen LogP contribution is -2.36. The number of nitrogens with zero attached hydrogens (tertiary/aromatic N) is 4. The average molecular weight is 453 g/mol. The molecule has 0 unspecified atom stereocenters. The molecule has 0 spiro atoms. The number of pyridine rings is 2. The van der Waals surface area contributed by atoms with Crippen molar-refractivity contribution in [1.29, 1.82) is 0 Å². The average Bonchev–Trinajstić information content (AvgIpc) is 2.85. The van der Waals surface area contributed by atoms with E-state index in [4.69, 9.17) is 4.98 Å². The summed E-state index contributed by atoms with van der Waals surface area (Å²) in [6.07, 6.45) is 7.08. The Hall–Kier alpha value is -4.00. The van der Waals surface area contributed by atoms with Gasteiger partial charge in [0.25, 0.3) is 5.91 Å². The summed E-state index contributed by atoms with van der Waals surface area (Å²) >= 11 is 0. The number of piperidine rings is 1. The highest BCUT2D eigenvalue weighted by Crippen LogP contribution is 2.32. The molecular weight excluding hydrogens is 426 g/mol. The molecule has 0 atom stereocenters. The van der Waals surface area contributed by atoms with Crippen molar-refractivity contribution in [2.24, 2.45) is 0 Å². The number of anilines is 2. The SMILES string of the molecule is CC(=O)N1CCC(c2ccc(Nc3nc(-c4ccc(C)nc4)cc4c3C(=O)[N]C=C4)cc2)CC1. The molecule has 1 N–H and O–H groups in total. The summed E-state index contributed by atoms with van der Waals surface area (Å²) in [5.74, 6) is 0.760. The highest BCUT2D eigenvalue weighted by Gasteiger charge is 2.24. The van der Waals surface area contributed by atoms with Crippen molar-refractivity contribution in [2.45, 2.75) is 32.6 Å². The summed E-state index contributed by atoms with van der Waals surface area (Å²) in [7, 11) is 0. The maximum absolute atomic E-state index is 12.6. The quantitative estimate of drug-likeness (QED) is 0.622. The van der Waals surface area contributed by atoms with E-state index >= 15 is 0 Å². The van der Waals surface area contributed by atoms with Crippen molar-refractivity contribution < 1.29 is 9.59 Å². The molecule has 0 aliphatic carbocycles. The molecule has 5 rings (SSSR count). The predicted molar refractivity (Wildman–Crippen MR) is 132 cm³/mol. The van der Waals surface area contributed by atoms with Crippen LogP contribution in [-0.2, 0) is 4.79 Å². The van der Waals surface area contributed by atoms with Crippen LogP contribution in [0.5, 0.6) is 0 Å². The van der Waals surface area contributed by atoms with Crippen LogP contribution in [0.4, 0.5) is 11.5 Å². The Morgan fingerprint density at radius 2 is 1.85 bits per heavy atom. The lowest BCUT2D eigenvalue weighted by Gasteiger charge is -2.31. The number of nitrogens with one attached hydrogen (secondary N) is 1.